The van der Waals surface area contributed by atoms with Crippen molar-refractivity contribution in [3.05, 3.63) is 42.1 Å². The number of amides is 1. The van der Waals surface area contributed by atoms with E-state index in [1.54, 1.807) is 17.2 Å². The number of carbonyl (C=O) groups excluding carboxylic acids is 2. The highest BCUT2D eigenvalue weighted by Gasteiger charge is 2.23. The van der Waals surface area contributed by atoms with Gasteiger partial charge >= 0.3 is 0 Å². The van der Waals surface area contributed by atoms with Crippen LogP contribution in [0.5, 0.6) is 0 Å². The molecule has 1 fully saturated rings. The quantitative estimate of drug-likeness (QED) is 0.782. The number of benzene rings is 1. The minimum atomic E-state index is -0.0772. The summed E-state index contributed by atoms with van der Waals surface area (Å²) < 4.78 is 0. The van der Waals surface area contributed by atoms with E-state index < -0.39 is 0 Å². The Balaban J connectivity index is 1.99. The van der Waals surface area contributed by atoms with E-state index in [1.807, 2.05) is 24.3 Å². The maximum absolute atomic E-state index is 12.5. The molecule has 0 saturated carbocycles. The minimum Gasteiger partial charge on any atom is -0.331 e. The van der Waals surface area contributed by atoms with Crippen molar-refractivity contribution in [1.29, 1.82) is 0 Å². The van der Waals surface area contributed by atoms with Crippen LogP contribution < -0.4 is 0 Å². The summed E-state index contributed by atoms with van der Waals surface area (Å²) in [7, 11) is 0. The number of hydrogen-bond acceptors (Lipinski definition) is 3. The van der Waals surface area contributed by atoms with Gasteiger partial charge in [-0.1, -0.05) is 18.2 Å². The molecular weight excluding hydrogens is 240 g/mol. The van der Waals surface area contributed by atoms with Gasteiger partial charge in [0, 0.05) is 24.5 Å². The van der Waals surface area contributed by atoms with Crippen LogP contribution in [0.1, 0.15) is 23.2 Å². The van der Waals surface area contributed by atoms with Crippen molar-refractivity contribution in [2.45, 2.75) is 12.8 Å². The molecule has 0 atom stereocenters. The third-order valence-electron chi connectivity index (χ3n) is 3.42. The van der Waals surface area contributed by atoms with Crippen molar-refractivity contribution in [2.75, 3.05) is 13.1 Å². The Hall–Kier alpha value is -2.23. The number of fused-ring (bicyclic) bond motifs is 1. The second-order valence-electron chi connectivity index (χ2n) is 4.74. The van der Waals surface area contributed by atoms with Gasteiger partial charge in [-0.3, -0.25) is 14.6 Å². The van der Waals surface area contributed by atoms with Crippen molar-refractivity contribution < 1.29 is 9.59 Å². The van der Waals surface area contributed by atoms with Crippen LogP contribution in [-0.4, -0.2) is 34.7 Å². The number of aromatic nitrogens is 1. The molecule has 4 nitrogen and oxygen atoms in total. The van der Waals surface area contributed by atoms with Crippen LogP contribution >= 0.6 is 0 Å². The van der Waals surface area contributed by atoms with Gasteiger partial charge in [0.15, 0.2) is 5.78 Å². The van der Waals surface area contributed by atoms with E-state index in [2.05, 4.69) is 4.98 Å². The molecule has 2 aromatic rings. The first kappa shape index (κ1) is 11.8. The summed E-state index contributed by atoms with van der Waals surface area (Å²) >= 11 is 0. The van der Waals surface area contributed by atoms with Gasteiger partial charge in [0.1, 0.15) is 0 Å². The van der Waals surface area contributed by atoms with Gasteiger partial charge in [0.25, 0.3) is 5.91 Å². The van der Waals surface area contributed by atoms with Crippen LogP contribution in [0.4, 0.5) is 0 Å². The Kier molecular flexibility index (Phi) is 2.99. The number of carbonyl (C=O) groups is 2. The lowest BCUT2D eigenvalue weighted by atomic mass is 10.1. The Morgan fingerprint density at radius 1 is 1.21 bits per heavy atom. The largest absolute Gasteiger partial charge is 0.331 e. The van der Waals surface area contributed by atoms with Crippen molar-refractivity contribution in [3.63, 3.8) is 0 Å². The number of ketones is 1. The molecular formula is C15H14N2O2. The molecule has 4 heteroatoms. The second kappa shape index (κ2) is 4.80. The zero-order valence-corrected chi connectivity index (χ0v) is 10.5. The van der Waals surface area contributed by atoms with Gasteiger partial charge in [-0.25, -0.2) is 0 Å². The molecule has 0 N–H and O–H groups in total. The predicted octanol–water partition coefficient (Wildman–Crippen LogP) is 2.04. The fourth-order valence-electron chi connectivity index (χ4n) is 2.46. The van der Waals surface area contributed by atoms with Crippen molar-refractivity contribution >= 4 is 22.6 Å². The summed E-state index contributed by atoms with van der Waals surface area (Å²) in [6, 6.07) is 9.29. The average Bonchev–Trinajstić information content (AvgIpc) is 2.46. The van der Waals surface area contributed by atoms with Gasteiger partial charge in [0.05, 0.1) is 17.6 Å². The highest BCUT2D eigenvalue weighted by Crippen LogP contribution is 2.19. The third kappa shape index (κ3) is 2.21. The first-order valence-electron chi connectivity index (χ1n) is 6.40. The topological polar surface area (TPSA) is 50.3 Å². The molecule has 1 aromatic carbocycles. The second-order valence-corrected chi connectivity index (χ2v) is 4.74. The molecule has 0 unspecified atom stereocenters. The molecule has 1 saturated heterocycles. The molecule has 1 aliphatic heterocycles. The molecule has 2 heterocycles. The van der Waals surface area contributed by atoms with E-state index >= 15 is 0 Å². The zero-order valence-electron chi connectivity index (χ0n) is 10.5. The number of pyridine rings is 1. The summed E-state index contributed by atoms with van der Waals surface area (Å²) in [5, 5.41) is 0.841. The first-order valence-corrected chi connectivity index (χ1v) is 6.40. The van der Waals surface area contributed by atoms with Gasteiger partial charge in [-0.2, -0.15) is 0 Å². The minimum absolute atomic E-state index is 0.0772. The van der Waals surface area contributed by atoms with Gasteiger partial charge in [-0.15, -0.1) is 0 Å². The van der Waals surface area contributed by atoms with E-state index in [-0.39, 0.29) is 18.2 Å². The molecule has 96 valence electrons. The van der Waals surface area contributed by atoms with E-state index in [1.165, 1.54) is 0 Å². The van der Waals surface area contributed by atoms with Crippen molar-refractivity contribution in [1.82, 2.24) is 9.88 Å². The van der Waals surface area contributed by atoms with Gasteiger partial charge < -0.3 is 4.90 Å². The predicted molar refractivity (Wildman–Crippen MR) is 71.9 cm³/mol. The fraction of sp³-hybridized carbons (Fsp3) is 0.267. The summed E-state index contributed by atoms with van der Waals surface area (Å²) in [6.07, 6.45) is 2.98. The number of nitrogens with zero attached hydrogens (tertiary/aromatic N) is 2. The number of Topliss-reactive ketones (excluding diaryl/α,β-unsaturated/α-hetero) is 1. The maximum Gasteiger partial charge on any atom is 0.254 e. The number of rotatable bonds is 1. The Labute approximate surface area is 111 Å². The molecule has 0 bridgehead atoms. The number of likely N-dealkylation sites (tertiary alicyclic amines) is 1. The summed E-state index contributed by atoms with van der Waals surface area (Å²) in [6.45, 7) is 0.886. The lowest BCUT2D eigenvalue weighted by Gasteiger charge is -2.26. The van der Waals surface area contributed by atoms with Crippen LogP contribution in [0.25, 0.3) is 10.9 Å². The normalized spacial score (nSPS) is 15.8. The Morgan fingerprint density at radius 3 is 2.89 bits per heavy atom. The maximum atomic E-state index is 12.5. The highest BCUT2D eigenvalue weighted by molar-refractivity contribution is 6.07. The van der Waals surface area contributed by atoms with Crippen molar-refractivity contribution in [2.24, 2.45) is 0 Å². The van der Waals surface area contributed by atoms with Crippen LogP contribution in [0.3, 0.4) is 0 Å². The molecule has 0 aliphatic carbocycles. The molecule has 1 amide bonds. The summed E-state index contributed by atoms with van der Waals surface area (Å²) in [5.41, 5.74) is 1.43. The van der Waals surface area contributed by atoms with E-state index in [0.29, 0.717) is 18.5 Å². The molecule has 3 rings (SSSR count). The van der Waals surface area contributed by atoms with E-state index in [0.717, 1.165) is 17.3 Å². The SMILES string of the molecule is O=C1CCCN(C(=O)c2ccnc3ccccc23)C1. The third-order valence-corrected chi connectivity index (χ3v) is 3.42. The lowest BCUT2D eigenvalue weighted by Crippen LogP contribution is -2.40. The number of piperidine rings is 1. The van der Waals surface area contributed by atoms with E-state index in [4.69, 9.17) is 0 Å². The number of hydrogen-bond donors (Lipinski definition) is 0. The molecule has 1 aliphatic rings. The summed E-state index contributed by atoms with van der Waals surface area (Å²) in [4.78, 5) is 29.9. The highest BCUT2D eigenvalue weighted by atomic mass is 16.2. The molecule has 0 radical (unpaired) electrons. The Morgan fingerprint density at radius 2 is 2.05 bits per heavy atom. The smallest absolute Gasteiger partial charge is 0.254 e. The average molecular weight is 254 g/mol. The van der Waals surface area contributed by atoms with Crippen molar-refractivity contribution in [3.8, 4) is 0 Å². The Bertz CT molecular complexity index is 646. The molecule has 1 aromatic heterocycles. The van der Waals surface area contributed by atoms with Gasteiger partial charge in [0.2, 0.25) is 0 Å². The fourth-order valence-corrected chi connectivity index (χ4v) is 2.46. The standard InChI is InChI=1S/C15H14N2O2/c18-11-4-3-9-17(10-11)15(19)13-7-8-16-14-6-2-1-5-12(13)14/h1-2,5-8H,3-4,9-10H2. The zero-order chi connectivity index (χ0) is 13.2. The first-order chi connectivity index (χ1) is 9.25. The van der Waals surface area contributed by atoms with Crippen LogP contribution in [-0.2, 0) is 4.79 Å². The monoisotopic (exact) mass is 254 g/mol. The van der Waals surface area contributed by atoms with E-state index in [9.17, 15) is 9.59 Å². The molecule has 19 heavy (non-hydrogen) atoms. The van der Waals surface area contributed by atoms with Crippen LogP contribution in [0.2, 0.25) is 0 Å². The number of para-hydroxylation sites is 1. The summed E-state index contributed by atoms with van der Waals surface area (Å²) in [5.74, 6) is 0.0598. The van der Waals surface area contributed by atoms with Crippen LogP contribution in [0.15, 0.2) is 36.5 Å². The van der Waals surface area contributed by atoms with Crippen LogP contribution in [0, 0.1) is 0 Å². The lowest BCUT2D eigenvalue weighted by molar-refractivity contribution is -0.121. The molecule has 0 spiro atoms. The van der Waals surface area contributed by atoms with Gasteiger partial charge in [-0.05, 0) is 18.6 Å².